The Hall–Kier alpha value is -0.0500. The molecule has 0 amide bonds. The van der Waals surface area contributed by atoms with Gasteiger partial charge in [-0.2, -0.15) is 0 Å². The number of halogens is 1. The van der Waals surface area contributed by atoms with Crippen LogP contribution in [-0.2, 0) is 8.84 Å². The summed E-state index contributed by atoms with van der Waals surface area (Å²) in [4.78, 5) is 0. The summed E-state index contributed by atoms with van der Waals surface area (Å²) in [5.41, 5.74) is 3.14. The van der Waals surface area contributed by atoms with Gasteiger partial charge in [-0.05, 0) is 30.4 Å². The van der Waals surface area contributed by atoms with E-state index in [4.69, 9.17) is 0 Å². The molecule has 0 N–H and O–H groups in total. The van der Waals surface area contributed by atoms with Crippen molar-refractivity contribution in [3.63, 3.8) is 0 Å². The lowest BCUT2D eigenvalue weighted by atomic mass is 9.81. The number of benzene rings is 1. The van der Waals surface area contributed by atoms with E-state index in [9.17, 15) is 0 Å². The second-order valence-corrected chi connectivity index (χ2v) is 7.96. The first kappa shape index (κ1) is 12.0. The van der Waals surface area contributed by atoms with E-state index in [1.165, 1.54) is 11.1 Å². The van der Waals surface area contributed by atoms with Crippen LogP contribution in [0.5, 0.6) is 0 Å². The zero-order valence-corrected chi connectivity index (χ0v) is 11.8. The third kappa shape index (κ3) is 2.72. The molecule has 0 saturated carbocycles. The van der Waals surface area contributed by atoms with Gasteiger partial charge >= 0.3 is 0 Å². The second-order valence-electron chi connectivity index (χ2n) is 5.27. The van der Waals surface area contributed by atoms with Crippen LogP contribution in [0.15, 0.2) is 24.3 Å². The molecule has 0 aliphatic rings. The summed E-state index contributed by atoms with van der Waals surface area (Å²) in [6, 6.07) is 8.75. The number of hydrogen-bond acceptors (Lipinski definition) is 0. The van der Waals surface area contributed by atoms with Crippen molar-refractivity contribution in [2.75, 3.05) is 0 Å². The average molecular weight is 302 g/mol. The van der Waals surface area contributed by atoms with Gasteiger partial charge in [0.2, 0.25) is 0 Å². The molecule has 78 valence electrons. The van der Waals surface area contributed by atoms with Crippen LogP contribution in [-0.4, -0.2) is 0 Å². The maximum atomic E-state index is 2.51. The molecule has 1 rings (SSSR count). The lowest BCUT2D eigenvalue weighted by Crippen LogP contribution is -2.19. The molecule has 0 radical (unpaired) electrons. The van der Waals surface area contributed by atoms with Crippen molar-refractivity contribution in [2.45, 2.75) is 43.5 Å². The van der Waals surface area contributed by atoms with Crippen molar-refractivity contribution in [1.29, 1.82) is 0 Å². The summed E-state index contributed by atoms with van der Waals surface area (Å²) < 4.78 is 0.210. The number of alkyl halides is 1. The molecule has 0 nitrogen and oxygen atoms in total. The molecule has 0 aliphatic heterocycles. The molecule has 0 heterocycles. The lowest BCUT2D eigenvalue weighted by Gasteiger charge is -2.28. The fraction of sp³-hybridized carbons (Fsp3) is 0.538. The van der Waals surface area contributed by atoms with Crippen LogP contribution in [0.4, 0.5) is 0 Å². The number of hydrogen-bond donors (Lipinski definition) is 0. The van der Waals surface area contributed by atoms with Crippen LogP contribution in [0, 0.1) is 0 Å². The van der Waals surface area contributed by atoms with Crippen molar-refractivity contribution >= 4 is 22.6 Å². The predicted molar refractivity (Wildman–Crippen MR) is 72.2 cm³/mol. The highest BCUT2D eigenvalue weighted by molar-refractivity contribution is 14.1. The Labute approximate surface area is 101 Å². The Balaban J connectivity index is 3.31. The molecule has 1 aromatic rings. The van der Waals surface area contributed by atoms with Crippen molar-refractivity contribution < 1.29 is 0 Å². The maximum Gasteiger partial charge on any atom is 0.0417 e. The smallest absolute Gasteiger partial charge is 0.0417 e. The summed E-state index contributed by atoms with van der Waals surface area (Å²) in [5.74, 6) is 0. The van der Waals surface area contributed by atoms with Crippen molar-refractivity contribution in [1.82, 2.24) is 0 Å². The minimum absolute atomic E-state index is 0.210. The normalized spacial score (nSPS) is 13.0. The second kappa shape index (κ2) is 3.84. The van der Waals surface area contributed by atoms with Crippen LogP contribution < -0.4 is 0 Å². The molecule has 0 bridgehead atoms. The third-order valence-electron chi connectivity index (χ3n) is 2.38. The topological polar surface area (TPSA) is 0 Å². The Morgan fingerprint density at radius 2 is 1.29 bits per heavy atom. The molecule has 0 atom stereocenters. The number of rotatable bonds is 1. The van der Waals surface area contributed by atoms with E-state index < -0.39 is 0 Å². The highest BCUT2D eigenvalue weighted by Gasteiger charge is 2.25. The van der Waals surface area contributed by atoms with Crippen molar-refractivity contribution in [3.05, 3.63) is 35.4 Å². The summed E-state index contributed by atoms with van der Waals surface area (Å²) >= 11 is 2.51. The quantitative estimate of drug-likeness (QED) is 0.523. The van der Waals surface area contributed by atoms with Crippen LogP contribution in [0.25, 0.3) is 0 Å². The zero-order valence-electron chi connectivity index (χ0n) is 9.69. The van der Waals surface area contributed by atoms with Crippen LogP contribution in [0.3, 0.4) is 0 Å². The van der Waals surface area contributed by atoms with E-state index in [0.717, 1.165) is 0 Å². The van der Waals surface area contributed by atoms with E-state index >= 15 is 0 Å². The first-order valence-electron chi connectivity index (χ1n) is 5.02. The first-order chi connectivity index (χ1) is 6.23. The van der Waals surface area contributed by atoms with E-state index in [0.29, 0.717) is 0 Å². The van der Waals surface area contributed by atoms with Gasteiger partial charge in [0.15, 0.2) is 0 Å². The molecule has 1 heteroatoms. The largest absolute Gasteiger partial charge is 0.0743 e. The molecule has 0 spiro atoms. The zero-order chi connectivity index (χ0) is 11.0. The predicted octanol–water partition coefficient (Wildman–Crippen LogP) is 4.65. The van der Waals surface area contributed by atoms with E-state index in [-0.39, 0.29) is 8.84 Å². The van der Waals surface area contributed by atoms with Crippen LogP contribution in [0.2, 0.25) is 0 Å². The third-order valence-corrected chi connectivity index (χ3v) is 2.96. The summed E-state index contributed by atoms with van der Waals surface area (Å²) in [6.45, 7) is 11.3. The molecule has 0 fully saturated rings. The van der Waals surface area contributed by atoms with E-state index in [1.807, 2.05) is 0 Å². The van der Waals surface area contributed by atoms with E-state index in [1.54, 1.807) is 0 Å². The highest BCUT2D eigenvalue weighted by atomic mass is 127. The molecule has 0 aromatic heterocycles. The molecule has 0 saturated heterocycles. The van der Waals surface area contributed by atoms with Crippen molar-refractivity contribution in [3.8, 4) is 0 Å². The monoisotopic (exact) mass is 302 g/mol. The first-order valence-corrected chi connectivity index (χ1v) is 6.10. The average Bonchev–Trinajstić information content (AvgIpc) is 2.01. The Bertz CT molecular complexity index is 280. The molecule has 1 aromatic carbocycles. The van der Waals surface area contributed by atoms with E-state index in [2.05, 4.69) is 81.5 Å². The molecular weight excluding hydrogens is 283 g/mol. The summed E-state index contributed by atoms with van der Waals surface area (Å²) in [7, 11) is 0. The van der Waals surface area contributed by atoms with Crippen LogP contribution in [0.1, 0.15) is 45.7 Å². The Morgan fingerprint density at radius 1 is 0.857 bits per heavy atom. The minimum Gasteiger partial charge on any atom is -0.0743 e. The fourth-order valence-corrected chi connectivity index (χ4v) is 2.13. The summed E-state index contributed by atoms with van der Waals surface area (Å²) in [6.07, 6.45) is 0. The van der Waals surface area contributed by atoms with Crippen molar-refractivity contribution in [2.24, 2.45) is 0 Å². The molecule has 0 unspecified atom stereocenters. The molecule has 0 aliphatic carbocycles. The van der Waals surface area contributed by atoms with Crippen LogP contribution >= 0.6 is 22.6 Å². The van der Waals surface area contributed by atoms with Gasteiger partial charge in [-0.3, -0.25) is 0 Å². The van der Waals surface area contributed by atoms with Gasteiger partial charge in [0.05, 0.1) is 0 Å². The van der Waals surface area contributed by atoms with Gasteiger partial charge in [0, 0.05) is 3.42 Å². The van der Waals surface area contributed by atoms with Gasteiger partial charge in [0.25, 0.3) is 0 Å². The molecule has 14 heavy (non-hydrogen) atoms. The lowest BCUT2D eigenvalue weighted by molar-refractivity contribution is 0.575. The van der Waals surface area contributed by atoms with Gasteiger partial charge in [-0.15, -0.1) is 0 Å². The Morgan fingerprint density at radius 3 is 1.57 bits per heavy atom. The highest BCUT2D eigenvalue weighted by Crippen LogP contribution is 2.37. The minimum atomic E-state index is 0.210. The van der Waals surface area contributed by atoms with Gasteiger partial charge in [-0.1, -0.05) is 67.6 Å². The van der Waals surface area contributed by atoms with Gasteiger partial charge in [0.1, 0.15) is 0 Å². The Kier molecular flexibility index (Phi) is 3.30. The van der Waals surface area contributed by atoms with Gasteiger partial charge < -0.3 is 0 Å². The SMILES string of the molecule is CC(C)(C)c1ccccc1C(C)(C)I. The molecular formula is C13H19I. The standard InChI is InChI=1S/C13H19I/c1-12(2,3)10-8-6-7-9-11(10)13(4,5)14/h6-9H,1-5H3. The maximum absolute atomic E-state index is 2.51. The summed E-state index contributed by atoms with van der Waals surface area (Å²) in [5, 5.41) is 0. The van der Waals surface area contributed by atoms with Gasteiger partial charge in [-0.25, -0.2) is 0 Å². The fourth-order valence-electron chi connectivity index (χ4n) is 1.66.